The van der Waals surface area contributed by atoms with Gasteiger partial charge in [-0.05, 0) is 30.5 Å². The van der Waals surface area contributed by atoms with E-state index in [2.05, 4.69) is 0 Å². The third-order valence-corrected chi connectivity index (χ3v) is 4.08. The van der Waals surface area contributed by atoms with E-state index in [4.69, 9.17) is 4.74 Å². The molecule has 0 fully saturated rings. The van der Waals surface area contributed by atoms with Crippen LogP contribution in [-0.4, -0.2) is 11.1 Å². The van der Waals surface area contributed by atoms with E-state index in [0.717, 1.165) is 16.7 Å². The van der Waals surface area contributed by atoms with Gasteiger partial charge < -0.3 is 9.84 Å². The Hall–Kier alpha value is -2.13. The number of carboxylic acid groups (broad SMARTS) is 1. The molecule has 108 valence electrons. The standard InChI is InChI=1S/C18H18O3/c1-17(2)14-10-6-7-11-15(14)18(21-17,12-16(19)20)13-8-4-3-5-9-13/h3-11H,12H2,1-2H3,(H,19,20)/t18-/m0/s1. The molecule has 2 aromatic rings. The lowest BCUT2D eigenvalue weighted by Crippen LogP contribution is -2.33. The molecular weight excluding hydrogens is 264 g/mol. The molecule has 0 saturated carbocycles. The molecule has 3 heteroatoms. The van der Waals surface area contributed by atoms with Crippen molar-refractivity contribution in [3.63, 3.8) is 0 Å². The van der Waals surface area contributed by atoms with E-state index in [1.807, 2.05) is 68.4 Å². The van der Waals surface area contributed by atoms with Gasteiger partial charge >= 0.3 is 5.97 Å². The number of hydrogen-bond donors (Lipinski definition) is 1. The zero-order valence-electron chi connectivity index (χ0n) is 12.2. The summed E-state index contributed by atoms with van der Waals surface area (Å²) in [6.45, 7) is 3.97. The average molecular weight is 282 g/mol. The zero-order valence-corrected chi connectivity index (χ0v) is 12.2. The highest BCUT2D eigenvalue weighted by molar-refractivity contribution is 5.71. The molecule has 0 unspecified atom stereocenters. The van der Waals surface area contributed by atoms with E-state index in [1.54, 1.807) is 0 Å². The van der Waals surface area contributed by atoms with Gasteiger partial charge in [0.1, 0.15) is 5.60 Å². The van der Waals surface area contributed by atoms with Crippen LogP contribution in [-0.2, 0) is 20.7 Å². The first kappa shape index (κ1) is 13.8. The number of carboxylic acids is 1. The minimum Gasteiger partial charge on any atom is -0.481 e. The van der Waals surface area contributed by atoms with E-state index in [9.17, 15) is 9.90 Å². The molecule has 1 aliphatic rings. The Morgan fingerprint density at radius 2 is 1.57 bits per heavy atom. The summed E-state index contributed by atoms with van der Waals surface area (Å²) in [7, 11) is 0. The maximum atomic E-state index is 11.5. The van der Waals surface area contributed by atoms with Crippen molar-refractivity contribution < 1.29 is 14.6 Å². The number of ether oxygens (including phenoxy) is 1. The lowest BCUT2D eigenvalue weighted by Gasteiger charge is -2.32. The first-order valence-corrected chi connectivity index (χ1v) is 7.03. The third-order valence-electron chi connectivity index (χ3n) is 4.08. The molecule has 1 heterocycles. The highest BCUT2D eigenvalue weighted by atomic mass is 16.5. The van der Waals surface area contributed by atoms with E-state index in [-0.39, 0.29) is 6.42 Å². The SMILES string of the molecule is CC1(C)O[C@@](CC(=O)O)(c2ccccc2)c2ccccc21. The maximum absolute atomic E-state index is 11.5. The minimum atomic E-state index is -0.923. The lowest BCUT2D eigenvalue weighted by atomic mass is 9.82. The van der Waals surface area contributed by atoms with Gasteiger partial charge in [0.15, 0.2) is 0 Å². The van der Waals surface area contributed by atoms with Crippen LogP contribution in [0.15, 0.2) is 54.6 Å². The molecule has 0 saturated heterocycles. The van der Waals surface area contributed by atoms with Gasteiger partial charge in [-0.15, -0.1) is 0 Å². The van der Waals surface area contributed by atoms with Crippen LogP contribution in [0.5, 0.6) is 0 Å². The second-order valence-electron chi connectivity index (χ2n) is 5.92. The molecule has 0 spiro atoms. The largest absolute Gasteiger partial charge is 0.481 e. The van der Waals surface area contributed by atoms with Gasteiger partial charge in [0.05, 0.1) is 12.0 Å². The van der Waals surface area contributed by atoms with Gasteiger partial charge in [0.2, 0.25) is 0 Å². The molecule has 0 bridgehead atoms. The van der Waals surface area contributed by atoms with Crippen molar-refractivity contribution in [3.8, 4) is 0 Å². The van der Waals surface area contributed by atoms with Gasteiger partial charge in [0.25, 0.3) is 0 Å². The summed E-state index contributed by atoms with van der Waals surface area (Å²) in [5.41, 5.74) is 1.44. The second-order valence-corrected chi connectivity index (χ2v) is 5.92. The highest BCUT2D eigenvalue weighted by Gasteiger charge is 2.50. The van der Waals surface area contributed by atoms with Gasteiger partial charge in [-0.1, -0.05) is 54.6 Å². The summed E-state index contributed by atoms with van der Waals surface area (Å²) >= 11 is 0. The molecule has 1 N–H and O–H groups in total. The molecule has 2 aromatic carbocycles. The Morgan fingerprint density at radius 1 is 1.00 bits per heavy atom. The summed E-state index contributed by atoms with van der Waals surface area (Å²) in [4.78, 5) is 11.5. The van der Waals surface area contributed by atoms with Crippen LogP contribution >= 0.6 is 0 Å². The normalized spacial score (nSPS) is 22.8. The number of rotatable bonds is 3. The molecule has 0 radical (unpaired) electrons. The quantitative estimate of drug-likeness (QED) is 0.934. The molecule has 3 nitrogen and oxygen atoms in total. The van der Waals surface area contributed by atoms with Crippen LogP contribution in [0.2, 0.25) is 0 Å². The lowest BCUT2D eigenvalue weighted by molar-refractivity contribution is -0.151. The molecule has 0 aromatic heterocycles. The average Bonchev–Trinajstić information content (AvgIpc) is 2.69. The van der Waals surface area contributed by atoms with Gasteiger partial charge in [0, 0.05) is 0 Å². The van der Waals surface area contributed by atoms with Crippen LogP contribution < -0.4 is 0 Å². The van der Waals surface area contributed by atoms with E-state index in [1.165, 1.54) is 0 Å². The predicted octanol–water partition coefficient (Wildman–Crippen LogP) is 3.67. The highest BCUT2D eigenvalue weighted by Crippen LogP contribution is 2.52. The monoisotopic (exact) mass is 282 g/mol. The fourth-order valence-electron chi connectivity index (χ4n) is 3.27. The van der Waals surface area contributed by atoms with Crippen molar-refractivity contribution >= 4 is 5.97 Å². The summed E-state index contributed by atoms with van der Waals surface area (Å²) in [5.74, 6) is -0.869. The fourth-order valence-corrected chi connectivity index (χ4v) is 3.27. The Morgan fingerprint density at radius 3 is 2.19 bits per heavy atom. The number of fused-ring (bicyclic) bond motifs is 1. The first-order chi connectivity index (χ1) is 9.96. The molecule has 0 aliphatic carbocycles. The van der Waals surface area contributed by atoms with Crippen molar-refractivity contribution in [2.75, 3.05) is 0 Å². The Labute approximate surface area is 124 Å². The summed E-state index contributed by atoms with van der Waals surface area (Å²) < 4.78 is 6.32. The Balaban J connectivity index is 2.26. The summed E-state index contributed by atoms with van der Waals surface area (Å²) in [6.07, 6.45) is -0.0859. The molecule has 3 rings (SSSR count). The number of carbonyl (C=O) groups is 1. The molecule has 1 aliphatic heterocycles. The maximum Gasteiger partial charge on any atom is 0.307 e. The Kier molecular flexibility index (Phi) is 3.10. The van der Waals surface area contributed by atoms with Crippen molar-refractivity contribution in [1.82, 2.24) is 0 Å². The van der Waals surface area contributed by atoms with E-state index in [0.29, 0.717) is 0 Å². The third kappa shape index (κ3) is 2.14. The molecular formula is C18H18O3. The van der Waals surface area contributed by atoms with E-state index < -0.39 is 17.2 Å². The molecule has 0 amide bonds. The molecule has 1 atom stereocenters. The number of aliphatic carboxylic acids is 1. The summed E-state index contributed by atoms with van der Waals surface area (Å²) in [5, 5.41) is 9.42. The van der Waals surface area contributed by atoms with Crippen molar-refractivity contribution in [2.24, 2.45) is 0 Å². The Bertz CT molecular complexity index is 676. The first-order valence-electron chi connectivity index (χ1n) is 7.03. The van der Waals surface area contributed by atoms with Crippen molar-refractivity contribution in [3.05, 3.63) is 71.3 Å². The second kappa shape index (κ2) is 4.71. The minimum absolute atomic E-state index is 0.0859. The van der Waals surface area contributed by atoms with Gasteiger partial charge in [-0.25, -0.2) is 0 Å². The summed E-state index contributed by atoms with van der Waals surface area (Å²) in [6, 6.07) is 17.5. The smallest absolute Gasteiger partial charge is 0.307 e. The van der Waals surface area contributed by atoms with Crippen molar-refractivity contribution in [2.45, 2.75) is 31.5 Å². The van der Waals surface area contributed by atoms with Crippen LogP contribution in [0.4, 0.5) is 0 Å². The number of hydrogen-bond acceptors (Lipinski definition) is 2. The topological polar surface area (TPSA) is 46.5 Å². The van der Waals surface area contributed by atoms with Crippen LogP contribution in [0, 0.1) is 0 Å². The fraction of sp³-hybridized carbons (Fsp3) is 0.278. The van der Waals surface area contributed by atoms with Crippen LogP contribution in [0.1, 0.15) is 37.0 Å². The van der Waals surface area contributed by atoms with Crippen LogP contribution in [0.3, 0.4) is 0 Å². The van der Waals surface area contributed by atoms with Gasteiger partial charge in [-0.3, -0.25) is 4.79 Å². The van der Waals surface area contributed by atoms with E-state index >= 15 is 0 Å². The predicted molar refractivity (Wildman–Crippen MR) is 80.0 cm³/mol. The van der Waals surface area contributed by atoms with Crippen LogP contribution in [0.25, 0.3) is 0 Å². The van der Waals surface area contributed by atoms with Crippen molar-refractivity contribution in [1.29, 1.82) is 0 Å². The number of benzene rings is 2. The zero-order chi connectivity index (χ0) is 15.1. The van der Waals surface area contributed by atoms with Gasteiger partial charge in [-0.2, -0.15) is 0 Å². The molecule has 21 heavy (non-hydrogen) atoms.